The summed E-state index contributed by atoms with van der Waals surface area (Å²) < 4.78 is 5.13. The fourth-order valence-electron chi connectivity index (χ4n) is 1.51. The van der Waals surface area contributed by atoms with Crippen LogP contribution in [0.15, 0.2) is 18.3 Å². The lowest BCUT2D eigenvalue weighted by Crippen LogP contribution is -2.40. The van der Waals surface area contributed by atoms with E-state index in [0.717, 1.165) is 5.56 Å². The average Bonchev–Trinajstić information content (AvgIpc) is 2.35. The minimum Gasteiger partial charge on any atom is -0.481 e. The van der Waals surface area contributed by atoms with Crippen LogP contribution in [-0.4, -0.2) is 24.0 Å². The van der Waals surface area contributed by atoms with Gasteiger partial charge < -0.3 is 15.8 Å². The van der Waals surface area contributed by atoms with Gasteiger partial charge in [0.1, 0.15) is 0 Å². The number of carbonyl (C=O) groups is 1. The second-order valence-corrected chi connectivity index (χ2v) is 5.63. The van der Waals surface area contributed by atoms with Gasteiger partial charge in [-0.3, -0.25) is 4.79 Å². The van der Waals surface area contributed by atoms with Crippen molar-refractivity contribution in [2.45, 2.75) is 39.8 Å². The molecular formula is C14H23N3O2. The third-order valence-corrected chi connectivity index (χ3v) is 3.04. The van der Waals surface area contributed by atoms with E-state index in [4.69, 9.17) is 10.5 Å². The molecule has 1 aromatic rings. The predicted molar refractivity (Wildman–Crippen MR) is 74.7 cm³/mol. The number of nitrogens with two attached hydrogens (primary N) is 1. The highest BCUT2D eigenvalue weighted by molar-refractivity contribution is 5.76. The van der Waals surface area contributed by atoms with Crippen molar-refractivity contribution in [3.8, 4) is 5.88 Å². The lowest BCUT2D eigenvalue weighted by Gasteiger charge is -2.26. The van der Waals surface area contributed by atoms with E-state index in [-0.39, 0.29) is 17.4 Å². The SMILES string of the molecule is COc1ncccc1CNC(=O)CC(N)C(C)(C)C. The van der Waals surface area contributed by atoms with Crippen LogP contribution in [0.4, 0.5) is 0 Å². The van der Waals surface area contributed by atoms with Crippen molar-refractivity contribution in [2.75, 3.05) is 7.11 Å². The Bertz CT molecular complexity index is 427. The smallest absolute Gasteiger partial charge is 0.221 e. The van der Waals surface area contributed by atoms with Gasteiger partial charge >= 0.3 is 0 Å². The third kappa shape index (κ3) is 4.87. The van der Waals surface area contributed by atoms with E-state index in [1.165, 1.54) is 0 Å². The first-order valence-electron chi connectivity index (χ1n) is 6.34. The molecule has 1 amide bonds. The van der Waals surface area contributed by atoms with Gasteiger partial charge in [-0.05, 0) is 11.5 Å². The van der Waals surface area contributed by atoms with E-state index in [2.05, 4.69) is 10.3 Å². The molecule has 0 radical (unpaired) electrons. The zero-order valence-electron chi connectivity index (χ0n) is 12.1. The van der Waals surface area contributed by atoms with Crippen LogP contribution < -0.4 is 15.8 Å². The Morgan fingerprint density at radius 3 is 2.79 bits per heavy atom. The Hall–Kier alpha value is -1.62. The minimum atomic E-state index is -0.164. The first kappa shape index (κ1) is 15.4. The fourth-order valence-corrected chi connectivity index (χ4v) is 1.51. The number of methoxy groups -OCH3 is 1. The van der Waals surface area contributed by atoms with E-state index in [1.54, 1.807) is 13.3 Å². The van der Waals surface area contributed by atoms with Crippen molar-refractivity contribution in [1.29, 1.82) is 0 Å². The molecule has 0 aromatic carbocycles. The molecule has 0 saturated carbocycles. The van der Waals surface area contributed by atoms with Crippen LogP contribution in [-0.2, 0) is 11.3 Å². The first-order valence-corrected chi connectivity index (χ1v) is 6.34. The highest BCUT2D eigenvalue weighted by Crippen LogP contribution is 2.19. The molecule has 106 valence electrons. The second-order valence-electron chi connectivity index (χ2n) is 5.63. The maximum absolute atomic E-state index is 11.8. The molecule has 1 heterocycles. The summed E-state index contributed by atoms with van der Waals surface area (Å²) in [5.74, 6) is 0.469. The Balaban J connectivity index is 2.51. The van der Waals surface area contributed by atoms with Gasteiger partial charge in [0, 0.05) is 30.8 Å². The highest BCUT2D eigenvalue weighted by atomic mass is 16.5. The number of rotatable bonds is 5. The number of amides is 1. The standard InChI is InChI=1S/C14H23N3O2/c1-14(2,3)11(15)8-12(18)17-9-10-6-5-7-16-13(10)19-4/h5-7,11H,8-9,15H2,1-4H3,(H,17,18). The van der Waals surface area contributed by atoms with E-state index < -0.39 is 0 Å². The minimum absolute atomic E-state index is 0.0617. The van der Waals surface area contributed by atoms with Crippen LogP contribution >= 0.6 is 0 Å². The number of pyridine rings is 1. The molecule has 5 nitrogen and oxygen atoms in total. The predicted octanol–water partition coefficient (Wildman–Crippen LogP) is 1.47. The van der Waals surface area contributed by atoms with Crippen LogP contribution in [0.5, 0.6) is 5.88 Å². The molecule has 1 unspecified atom stereocenters. The molecule has 0 aliphatic rings. The molecule has 0 aliphatic heterocycles. The van der Waals surface area contributed by atoms with Crippen molar-refractivity contribution in [1.82, 2.24) is 10.3 Å². The maximum Gasteiger partial charge on any atom is 0.221 e. The van der Waals surface area contributed by atoms with Crippen LogP contribution in [0.3, 0.4) is 0 Å². The number of aromatic nitrogens is 1. The van der Waals surface area contributed by atoms with Gasteiger partial charge in [0.05, 0.1) is 7.11 Å². The third-order valence-electron chi connectivity index (χ3n) is 3.04. The first-order chi connectivity index (χ1) is 8.84. The van der Waals surface area contributed by atoms with Gasteiger partial charge in [0.25, 0.3) is 0 Å². The van der Waals surface area contributed by atoms with Crippen molar-refractivity contribution in [2.24, 2.45) is 11.1 Å². The molecule has 1 atom stereocenters. The number of nitrogens with zero attached hydrogens (tertiary/aromatic N) is 1. The van der Waals surface area contributed by atoms with Crippen molar-refractivity contribution in [3.63, 3.8) is 0 Å². The Morgan fingerprint density at radius 1 is 1.53 bits per heavy atom. The summed E-state index contributed by atoms with van der Waals surface area (Å²) in [6.07, 6.45) is 1.96. The normalized spacial score (nSPS) is 12.9. The summed E-state index contributed by atoms with van der Waals surface area (Å²) >= 11 is 0. The molecule has 19 heavy (non-hydrogen) atoms. The molecule has 0 fully saturated rings. The fraction of sp³-hybridized carbons (Fsp3) is 0.571. The molecule has 0 bridgehead atoms. The van der Waals surface area contributed by atoms with Gasteiger partial charge in [-0.2, -0.15) is 0 Å². The van der Waals surface area contributed by atoms with E-state index in [0.29, 0.717) is 18.8 Å². The number of ether oxygens (including phenoxy) is 1. The molecule has 3 N–H and O–H groups in total. The summed E-state index contributed by atoms with van der Waals surface area (Å²) in [6, 6.07) is 3.52. The molecule has 0 aliphatic carbocycles. The van der Waals surface area contributed by atoms with Crippen LogP contribution in [0.25, 0.3) is 0 Å². The summed E-state index contributed by atoms with van der Waals surface area (Å²) in [6.45, 7) is 6.46. The van der Waals surface area contributed by atoms with Gasteiger partial charge in [-0.25, -0.2) is 4.98 Å². The van der Waals surface area contributed by atoms with Gasteiger partial charge in [0.15, 0.2) is 0 Å². The summed E-state index contributed by atoms with van der Waals surface area (Å²) in [4.78, 5) is 15.9. The Kier molecular flexibility index (Phi) is 5.30. The van der Waals surface area contributed by atoms with Crippen molar-refractivity contribution in [3.05, 3.63) is 23.9 Å². The molecular weight excluding hydrogens is 242 g/mol. The van der Waals surface area contributed by atoms with Crippen LogP contribution in [0, 0.1) is 5.41 Å². The molecule has 1 rings (SSSR count). The number of carbonyl (C=O) groups excluding carboxylic acids is 1. The molecule has 5 heteroatoms. The number of hydrogen-bond donors (Lipinski definition) is 2. The highest BCUT2D eigenvalue weighted by Gasteiger charge is 2.23. The lowest BCUT2D eigenvalue weighted by molar-refractivity contribution is -0.122. The zero-order valence-corrected chi connectivity index (χ0v) is 12.1. The van der Waals surface area contributed by atoms with Crippen molar-refractivity contribution >= 4 is 5.91 Å². The Labute approximate surface area is 114 Å². The van der Waals surface area contributed by atoms with Gasteiger partial charge in [-0.15, -0.1) is 0 Å². The largest absolute Gasteiger partial charge is 0.481 e. The monoisotopic (exact) mass is 265 g/mol. The molecule has 0 spiro atoms. The van der Waals surface area contributed by atoms with E-state index in [9.17, 15) is 4.79 Å². The molecule has 1 aromatic heterocycles. The van der Waals surface area contributed by atoms with E-state index in [1.807, 2.05) is 32.9 Å². The summed E-state index contributed by atoms with van der Waals surface area (Å²) in [5.41, 5.74) is 6.75. The lowest BCUT2D eigenvalue weighted by atomic mass is 9.85. The summed E-state index contributed by atoms with van der Waals surface area (Å²) in [5, 5.41) is 2.84. The van der Waals surface area contributed by atoms with Crippen molar-refractivity contribution < 1.29 is 9.53 Å². The van der Waals surface area contributed by atoms with Gasteiger partial charge in [0.2, 0.25) is 11.8 Å². The summed E-state index contributed by atoms with van der Waals surface area (Å²) in [7, 11) is 1.56. The quantitative estimate of drug-likeness (QED) is 0.845. The Morgan fingerprint density at radius 2 is 2.21 bits per heavy atom. The molecule has 0 saturated heterocycles. The van der Waals surface area contributed by atoms with Crippen LogP contribution in [0.2, 0.25) is 0 Å². The maximum atomic E-state index is 11.8. The topological polar surface area (TPSA) is 77.2 Å². The van der Waals surface area contributed by atoms with E-state index >= 15 is 0 Å². The van der Waals surface area contributed by atoms with Gasteiger partial charge in [-0.1, -0.05) is 26.8 Å². The zero-order chi connectivity index (χ0) is 14.5. The average molecular weight is 265 g/mol. The second kappa shape index (κ2) is 6.52. The number of nitrogens with one attached hydrogen (secondary N) is 1. The number of hydrogen-bond acceptors (Lipinski definition) is 4. The van der Waals surface area contributed by atoms with Crippen LogP contribution in [0.1, 0.15) is 32.8 Å².